The monoisotopic (exact) mass is 316 g/mol. The molecule has 0 amide bonds. The topological polar surface area (TPSA) is 62.9 Å². The summed E-state index contributed by atoms with van der Waals surface area (Å²) in [4.78, 5) is 3.90. The molecule has 0 aromatic carbocycles. The third-order valence-electron chi connectivity index (χ3n) is 2.35. The van der Waals surface area contributed by atoms with E-state index < -0.39 is 10.0 Å². The largest absolute Gasteiger partial charge is 0.258 e. The van der Waals surface area contributed by atoms with Gasteiger partial charge in [0.25, 0.3) is 0 Å². The van der Waals surface area contributed by atoms with Crippen molar-refractivity contribution in [3.8, 4) is 0 Å². The van der Waals surface area contributed by atoms with Crippen LogP contribution >= 0.6 is 24.0 Å². The lowest BCUT2D eigenvalue weighted by Gasteiger charge is -2.04. The number of hydrogen-bond donors (Lipinski definition) is 2. The van der Waals surface area contributed by atoms with Gasteiger partial charge in [-0.2, -0.15) is 12.6 Å². The number of hydrogen-bond acceptors (Lipinski definition) is 5. The first-order valence-electron chi connectivity index (χ1n) is 5.58. The Bertz CT molecular complexity index is 609. The Hall–Kier alpha value is -1.12. The molecule has 0 spiro atoms. The van der Waals surface area contributed by atoms with E-state index in [1.54, 1.807) is 23.7 Å². The van der Waals surface area contributed by atoms with Gasteiger partial charge in [0.05, 0.1) is 5.75 Å². The Morgan fingerprint density at radius 1 is 1.37 bits per heavy atom. The minimum Gasteiger partial charge on any atom is -0.258 e. The Labute approximate surface area is 121 Å². The number of sulfonamides is 1. The van der Waals surface area contributed by atoms with Crippen molar-refractivity contribution in [2.24, 2.45) is 0 Å². The quantitative estimate of drug-likeness (QED) is 0.624. The summed E-state index contributed by atoms with van der Waals surface area (Å²) in [6, 6.07) is 3.59. The zero-order chi connectivity index (χ0) is 13.7. The summed E-state index contributed by atoms with van der Waals surface area (Å²) in [6.07, 6.45) is 5.26. The number of nitrogens with zero attached hydrogens (tertiary/aromatic N) is 2. The van der Waals surface area contributed by atoms with Crippen LogP contribution in [0.3, 0.4) is 0 Å². The van der Waals surface area contributed by atoms with Gasteiger partial charge in [-0.1, -0.05) is 0 Å². The molecule has 5 nitrogen and oxygen atoms in total. The van der Waals surface area contributed by atoms with Crippen LogP contribution in [-0.4, -0.2) is 19.2 Å². The van der Waals surface area contributed by atoms with E-state index in [0.717, 1.165) is 17.9 Å². The molecule has 0 aliphatic carbocycles. The van der Waals surface area contributed by atoms with Crippen LogP contribution in [0.25, 0.3) is 0 Å². The van der Waals surface area contributed by atoms with E-state index in [9.17, 15) is 8.42 Å². The Morgan fingerprint density at radius 2 is 2.11 bits per heavy atom. The predicted octanol–water partition coefficient (Wildman–Crippen LogP) is 1.30. The van der Waals surface area contributed by atoms with Crippen molar-refractivity contribution in [3.63, 3.8) is 0 Å². The third-order valence-corrected chi connectivity index (χ3v) is 4.59. The summed E-state index contributed by atoms with van der Waals surface area (Å²) in [7, 11) is -3.41. The summed E-state index contributed by atoms with van der Waals surface area (Å²) >= 11 is 5.40. The number of aryl methyl sites for hydroxylation is 1. The first-order chi connectivity index (χ1) is 9.09. The molecule has 19 heavy (non-hydrogen) atoms. The molecular formula is C11H14N3O2S3+. The maximum Gasteiger partial charge on any atom is 0.238 e. The molecular weight excluding hydrogens is 302 g/mol. The normalized spacial score (nSPS) is 11.4. The van der Waals surface area contributed by atoms with E-state index in [1.807, 2.05) is 17.0 Å². The molecule has 0 bridgehead atoms. The van der Waals surface area contributed by atoms with Crippen LogP contribution in [0.1, 0.15) is 5.56 Å². The van der Waals surface area contributed by atoms with Crippen LogP contribution in [0, 0.1) is 0 Å². The molecule has 0 saturated heterocycles. The zero-order valence-electron chi connectivity index (χ0n) is 10.1. The minimum absolute atomic E-state index is 0.0612. The molecule has 2 aromatic rings. The van der Waals surface area contributed by atoms with Crippen LogP contribution in [0.4, 0.5) is 5.13 Å². The molecule has 0 saturated carbocycles. The smallest absolute Gasteiger partial charge is 0.238 e. The average molecular weight is 316 g/mol. The summed E-state index contributed by atoms with van der Waals surface area (Å²) in [5, 5.41) is 2.11. The molecule has 2 rings (SSSR count). The van der Waals surface area contributed by atoms with Crippen molar-refractivity contribution in [1.29, 1.82) is 0 Å². The Kier molecular flexibility index (Phi) is 4.78. The van der Waals surface area contributed by atoms with Gasteiger partial charge >= 0.3 is 0 Å². The molecule has 0 aliphatic rings. The fraction of sp³-hybridized carbons (Fsp3) is 0.273. The molecule has 102 valence electrons. The number of thiol groups is 1. The standard InChI is InChI=1S/C11H13N3O2S3/c15-19(16,13-11-12-3-8-18-11)9-10-1-4-14(5-2-10)6-7-17/h1-5,8H,6-7,9H2,(H-,12,13,17)/p+1. The second kappa shape index (κ2) is 6.36. The van der Waals surface area contributed by atoms with Gasteiger partial charge in [0, 0.05) is 29.5 Å². The molecule has 0 aliphatic heterocycles. The van der Waals surface area contributed by atoms with Crippen molar-refractivity contribution in [1.82, 2.24) is 4.98 Å². The van der Waals surface area contributed by atoms with Gasteiger partial charge < -0.3 is 0 Å². The van der Waals surface area contributed by atoms with Gasteiger partial charge in [0.1, 0.15) is 0 Å². The minimum atomic E-state index is -3.41. The van der Waals surface area contributed by atoms with E-state index in [4.69, 9.17) is 0 Å². The lowest BCUT2D eigenvalue weighted by molar-refractivity contribution is -0.692. The second-order valence-corrected chi connectivity index (χ2v) is 6.93. The Balaban J connectivity index is 2.03. The van der Waals surface area contributed by atoms with Crippen molar-refractivity contribution in [2.45, 2.75) is 12.3 Å². The lowest BCUT2D eigenvalue weighted by atomic mass is 10.3. The maximum atomic E-state index is 11.9. The van der Waals surface area contributed by atoms with Crippen molar-refractivity contribution >= 4 is 39.1 Å². The SMILES string of the molecule is O=S(=O)(Cc1cc[n+](CCS)cc1)Nc1nccs1. The predicted molar refractivity (Wildman–Crippen MR) is 78.9 cm³/mol. The van der Waals surface area contributed by atoms with Crippen LogP contribution < -0.4 is 9.29 Å². The van der Waals surface area contributed by atoms with E-state index in [0.29, 0.717) is 5.13 Å². The number of nitrogens with one attached hydrogen (secondary N) is 1. The summed E-state index contributed by atoms with van der Waals surface area (Å²) in [6.45, 7) is 0.799. The molecule has 0 atom stereocenters. The number of anilines is 1. The van der Waals surface area contributed by atoms with Gasteiger partial charge in [0.2, 0.25) is 10.0 Å². The van der Waals surface area contributed by atoms with Gasteiger partial charge in [-0.25, -0.2) is 18.0 Å². The molecule has 0 radical (unpaired) electrons. The highest BCUT2D eigenvalue weighted by molar-refractivity contribution is 7.92. The van der Waals surface area contributed by atoms with Crippen molar-refractivity contribution in [2.75, 3.05) is 10.5 Å². The van der Waals surface area contributed by atoms with Gasteiger partial charge in [-0.15, -0.1) is 11.3 Å². The van der Waals surface area contributed by atoms with E-state index in [1.165, 1.54) is 11.3 Å². The fourth-order valence-corrected chi connectivity index (χ4v) is 3.71. The number of thiazole rings is 1. The van der Waals surface area contributed by atoms with E-state index in [-0.39, 0.29) is 5.75 Å². The molecule has 0 fully saturated rings. The second-order valence-electron chi connectivity index (χ2n) is 3.87. The molecule has 0 unspecified atom stereocenters. The van der Waals surface area contributed by atoms with E-state index in [2.05, 4.69) is 22.3 Å². The highest BCUT2D eigenvalue weighted by Crippen LogP contribution is 2.14. The maximum absolute atomic E-state index is 11.9. The van der Waals surface area contributed by atoms with Gasteiger partial charge in [-0.05, 0) is 5.56 Å². The first kappa shape index (κ1) is 14.3. The van der Waals surface area contributed by atoms with Crippen LogP contribution in [0.15, 0.2) is 36.1 Å². The lowest BCUT2D eigenvalue weighted by Crippen LogP contribution is -2.33. The molecule has 1 N–H and O–H groups in total. The Morgan fingerprint density at radius 3 is 2.68 bits per heavy atom. The highest BCUT2D eigenvalue weighted by atomic mass is 32.2. The number of rotatable bonds is 6. The number of aromatic nitrogens is 2. The molecule has 2 aromatic heterocycles. The fourth-order valence-electron chi connectivity index (χ4n) is 1.51. The summed E-state index contributed by atoms with van der Waals surface area (Å²) in [5.41, 5.74) is 0.736. The van der Waals surface area contributed by atoms with E-state index >= 15 is 0 Å². The first-order valence-corrected chi connectivity index (χ1v) is 8.74. The highest BCUT2D eigenvalue weighted by Gasteiger charge is 2.13. The zero-order valence-corrected chi connectivity index (χ0v) is 12.6. The summed E-state index contributed by atoms with van der Waals surface area (Å²) < 4.78 is 28.2. The van der Waals surface area contributed by atoms with Gasteiger partial charge in [-0.3, -0.25) is 4.72 Å². The third kappa shape index (κ3) is 4.48. The number of pyridine rings is 1. The van der Waals surface area contributed by atoms with Gasteiger partial charge in [0.15, 0.2) is 24.1 Å². The van der Waals surface area contributed by atoms with Crippen LogP contribution in [-0.2, 0) is 22.3 Å². The molecule has 8 heteroatoms. The summed E-state index contributed by atoms with van der Waals surface area (Å²) in [5.74, 6) is 0.683. The average Bonchev–Trinajstić information content (AvgIpc) is 2.83. The van der Waals surface area contributed by atoms with Crippen molar-refractivity contribution < 1.29 is 13.0 Å². The van der Waals surface area contributed by atoms with Crippen LogP contribution in [0.5, 0.6) is 0 Å². The van der Waals surface area contributed by atoms with Crippen LogP contribution in [0.2, 0.25) is 0 Å². The van der Waals surface area contributed by atoms with Crippen molar-refractivity contribution in [3.05, 3.63) is 41.7 Å². The molecule has 2 heterocycles.